The Bertz CT molecular complexity index is 390. The molecule has 4 nitrogen and oxygen atoms in total. The zero-order valence-corrected chi connectivity index (χ0v) is 11.9. The molecule has 1 aromatic heterocycles. The number of anilines is 1. The second kappa shape index (κ2) is 5.31. The van der Waals surface area contributed by atoms with Crippen molar-refractivity contribution >= 4 is 5.82 Å². The number of hydrogen-bond donors (Lipinski definition) is 1. The van der Waals surface area contributed by atoms with Gasteiger partial charge in [0, 0.05) is 36.9 Å². The third kappa shape index (κ3) is 2.26. The predicted molar refractivity (Wildman–Crippen MR) is 73.7 cm³/mol. The van der Waals surface area contributed by atoms with Gasteiger partial charge in [0.2, 0.25) is 0 Å². The molecule has 0 spiro atoms. The van der Waals surface area contributed by atoms with Gasteiger partial charge in [-0.1, -0.05) is 13.8 Å². The van der Waals surface area contributed by atoms with Crippen LogP contribution in [0.15, 0.2) is 12.3 Å². The van der Waals surface area contributed by atoms with Crippen LogP contribution in [0.4, 0.5) is 5.82 Å². The number of aryl methyl sites for hydroxylation is 1. The molecule has 18 heavy (non-hydrogen) atoms. The maximum atomic E-state index is 5.81. The lowest BCUT2D eigenvalue weighted by Gasteiger charge is -2.53. The fraction of sp³-hybridized carbons (Fsp3) is 0.786. The van der Waals surface area contributed by atoms with Crippen molar-refractivity contribution in [3.8, 4) is 0 Å². The van der Waals surface area contributed by atoms with Crippen LogP contribution in [0.2, 0.25) is 0 Å². The number of nitrogens with one attached hydrogen (secondary N) is 1. The summed E-state index contributed by atoms with van der Waals surface area (Å²) in [6, 6.07) is 2.52. The zero-order valence-electron chi connectivity index (χ0n) is 11.9. The van der Waals surface area contributed by atoms with Crippen LogP contribution in [0, 0.1) is 5.41 Å². The second-order valence-corrected chi connectivity index (χ2v) is 5.29. The van der Waals surface area contributed by atoms with Crippen molar-refractivity contribution in [2.24, 2.45) is 5.41 Å². The second-order valence-electron chi connectivity index (χ2n) is 5.29. The Morgan fingerprint density at radius 1 is 1.50 bits per heavy atom. The first-order chi connectivity index (χ1) is 8.63. The van der Waals surface area contributed by atoms with E-state index in [-0.39, 0.29) is 5.41 Å². The van der Waals surface area contributed by atoms with Gasteiger partial charge >= 0.3 is 0 Å². The van der Waals surface area contributed by atoms with Crippen molar-refractivity contribution in [2.75, 3.05) is 11.9 Å². The van der Waals surface area contributed by atoms with Crippen molar-refractivity contribution in [2.45, 2.75) is 59.2 Å². The van der Waals surface area contributed by atoms with E-state index in [2.05, 4.69) is 38.1 Å². The molecule has 1 heterocycles. The lowest BCUT2D eigenvalue weighted by Crippen LogP contribution is -2.59. The SMILES string of the molecule is CCOC1CC(Nc2ccn(CC)n2)C1(C)CC. The zero-order chi connectivity index (χ0) is 13.2. The monoisotopic (exact) mass is 251 g/mol. The molecule has 2 rings (SSSR count). The molecule has 0 saturated heterocycles. The van der Waals surface area contributed by atoms with E-state index < -0.39 is 0 Å². The van der Waals surface area contributed by atoms with E-state index in [1.165, 1.54) is 0 Å². The Labute approximate surface area is 110 Å². The number of aromatic nitrogens is 2. The first-order valence-electron chi connectivity index (χ1n) is 7.05. The summed E-state index contributed by atoms with van der Waals surface area (Å²) in [7, 11) is 0. The molecule has 3 atom stereocenters. The fourth-order valence-electron chi connectivity index (χ4n) is 2.77. The average Bonchev–Trinajstić information content (AvgIpc) is 2.84. The standard InChI is InChI=1S/C14H25N3O/c1-5-14(4)11(10-12(14)18-7-3)15-13-8-9-17(6-2)16-13/h8-9,11-12H,5-7,10H2,1-4H3,(H,15,16). The lowest BCUT2D eigenvalue weighted by atomic mass is 9.61. The minimum Gasteiger partial charge on any atom is -0.378 e. The van der Waals surface area contributed by atoms with E-state index in [9.17, 15) is 0 Å². The van der Waals surface area contributed by atoms with Crippen LogP contribution in [0.25, 0.3) is 0 Å². The van der Waals surface area contributed by atoms with Crippen LogP contribution in [0.1, 0.15) is 40.5 Å². The molecule has 0 bridgehead atoms. The van der Waals surface area contributed by atoms with Crippen LogP contribution in [-0.4, -0.2) is 28.5 Å². The minimum absolute atomic E-state index is 0.228. The summed E-state index contributed by atoms with van der Waals surface area (Å²) in [5.74, 6) is 0.983. The van der Waals surface area contributed by atoms with E-state index in [0.717, 1.165) is 31.8 Å². The van der Waals surface area contributed by atoms with Gasteiger partial charge in [0.05, 0.1) is 6.10 Å². The Morgan fingerprint density at radius 2 is 2.28 bits per heavy atom. The largest absolute Gasteiger partial charge is 0.378 e. The molecule has 1 saturated carbocycles. The number of nitrogens with zero attached hydrogens (tertiary/aromatic N) is 2. The number of hydrogen-bond acceptors (Lipinski definition) is 3. The van der Waals surface area contributed by atoms with Gasteiger partial charge in [0.25, 0.3) is 0 Å². The van der Waals surface area contributed by atoms with E-state index in [4.69, 9.17) is 4.74 Å². The van der Waals surface area contributed by atoms with Crippen LogP contribution < -0.4 is 5.32 Å². The summed E-state index contributed by atoms with van der Waals surface area (Å²) in [5.41, 5.74) is 0.228. The van der Waals surface area contributed by atoms with Crippen LogP contribution in [0.3, 0.4) is 0 Å². The fourth-order valence-corrected chi connectivity index (χ4v) is 2.77. The van der Waals surface area contributed by atoms with Crippen molar-refractivity contribution in [3.63, 3.8) is 0 Å². The topological polar surface area (TPSA) is 39.1 Å². The molecule has 0 radical (unpaired) electrons. The summed E-state index contributed by atoms with van der Waals surface area (Å²) < 4.78 is 7.76. The molecule has 102 valence electrons. The highest BCUT2D eigenvalue weighted by atomic mass is 16.5. The smallest absolute Gasteiger partial charge is 0.148 e. The first kappa shape index (κ1) is 13.4. The van der Waals surface area contributed by atoms with Gasteiger partial charge in [0.1, 0.15) is 5.82 Å². The molecule has 1 aliphatic rings. The highest BCUT2D eigenvalue weighted by Gasteiger charge is 2.51. The molecule has 4 heteroatoms. The first-order valence-corrected chi connectivity index (χ1v) is 7.05. The molecule has 1 fully saturated rings. The van der Waals surface area contributed by atoms with Gasteiger partial charge in [-0.15, -0.1) is 0 Å². The van der Waals surface area contributed by atoms with E-state index in [1.54, 1.807) is 0 Å². The molecular formula is C14H25N3O. The Balaban J connectivity index is 1.98. The highest BCUT2D eigenvalue weighted by molar-refractivity contribution is 5.36. The van der Waals surface area contributed by atoms with Gasteiger partial charge < -0.3 is 10.1 Å². The van der Waals surface area contributed by atoms with Gasteiger partial charge in [-0.05, 0) is 26.7 Å². The van der Waals surface area contributed by atoms with Crippen molar-refractivity contribution in [1.29, 1.82) is 0 Å². The van der Waals surface area contributed by atoms with E-state index in [0.29, 0.717) is 12.1 Å². The van der Waals surface area contributed by atoms with Crippen molar-refractivity contribution < 1.29 is 4.74 Å². The number of rotatable bonds is 6. The lowest BCUT2D eigenvalue weighted by molar-refractivity contribution is -0.109. The van der Waals surface area contributed by atoms with Gasteiger partial charge in [-0.25, -0.2) is 0 Å². The summed E-state index contributed by atoms with van der Waals surface area (Å²) in [6.07, 6.45) is 4.61. The Kier molecular flexibility index (Phi) is 3.95. The molecular weight excluding hydrogens is 226 g/mol. The third-order valence-corrected chi connectivity index (χ3v) is 4.40. The normalized spacial score (nSPS) is 31.1. The van der Waals surface area contributed by atoms with Crippen LogP contribution in [-0.2, 0) is 11.3 Å². The van der Waals surface area contributed by atoms with Gasteiger partial charge in [-0.2, -0.15) is 5.10 Å². The maximum absolute atomic E-state index is 5.81. The quantitative estimate of drug-likeness (QED) is 0.845. The van der Waals surface area contributed by atoms with Crippen molar-refractivity contribution in [1.82, 2.24) is 9.78 Å². The summed E-state index contributed by atoms with van der Waals surface area (Å²) in [5, 5.41) is 8.04. The predicted octanol–water partition coefficient (Wildman–Crippen LogP) is 2.91. The molecule has 3 unspecified atom stereocenters. The number of ether oxygens (including phenoxy) is 1. The average molecular weight is 251 g/mol. The van der Waals surface area contributed by atoms with Gasteiger partial charge in [0.15, 0.2) is 0 Å². The summed E-state index contributed by atoms with van der Waals surface area (Å²) >= 11 is 0. The molecule has 0 amide bonds. The highest BCUT2D eigenvalue weighted by Crippen LogP contribution is 2.47. The molecule has 0 aromatic carbocycles. The van der Waals surface area contributed by atoms with Crippen LogP contribution >= 0.6 is 0 Å². The van der Waals surface area contributed by atoms with Crippen LogP contribution in [0.5, 0.6) is 0 Å². The van der Waals surface area contributed by atoms with E-state index in [1.807, 2.05) is 16.9 Å². The minimum atomic E-state index is 0.228. The molecule has 0 aliphatic heterocycles. The summed E-state index contributed by atoms with van der Waals surface area (Å²) in [4.78, 5) is 0. The molecule has 1 aliphatic carbocycles. The maximum Gasteiger partial charge on any atom is 0.148 e. The third-order valence-electron chi connectivity index (χ3n) is 4.40. The van der Waals surface area contributed by atoms with Gasteiger partial charge in [-0.3, -0.25) is 4.68 Å². The summed E-state index contributed by atoms with van der Waals surface area (Å²) in [6.45, 7) is 10.4. The Morgan fingerprint density at radius 3 is 2.83 bits per heavy atom. The Hall–Kier alpha value is -1.03. The van der Waals surface area contributed by atoms with Crippen molar-refractivity contribution in [3.05, 3.63) is 12.3 Å². The molecule has 1 aromatic rings. The molecule has 1 N–H and O–H groups in total. The van der Waals surface area contributed by atoms with E-state index >= 15 is 0 Å².